The number of fused-ring (bicyclic) bond motifs is 1. The number of nitrogens with one attached hydrogen (secondary N) is 3. The molecule has 1 heterocycles. The summed E-state index contributed by atoms with van der Waals surface area (Å²) in [5.74, 6) is -3.84. The number of carbonyl (C=O) groups excluding carboxylic acids is 3. The molecule has 0 aliphatic rings. The molecule has 3 aromatic rings. The van der Waals surface area contributed by atoms with Crippen LogP contribution >= 0.6 is 0 Å². The molecule has 0 saturated heterocycles. The highest BCUT2D eigenvalue weighted by molar-refractivity contribution is 6.47. The third-order valence-electron chi connectivity index (χ3n) is 4.73. The molecule has 0 aliphatic carbocycles. The molecule has 14 nitrogen and oxygen atoms in total. The fraction of sp³-hybridized carbons (Fsp3) is 0.143. The first-order valence-corrected chi connectivity index (χ1v) is 9.88. The summed E-state index contributed by atoms with van der Waals surface area (Å²) in [5.41, 5.74) is 5.92. The Labute approximate surface area is 196 Å². The number of urea groups is 1. The molecule has 0 bridgehead atoms. The Morgan fingerprint density at radius 2 is 1.89 bits per heavy atom. The number of amides is 3. The zero-order valence-corrected chi connectivity index (χ0v) is 18.4. The number of hydrogen-bond acceptors (Lipinski definition) is 9. The first kappa shape index (κ1) is 24.5. The van der Waals surface area contributed by atoms with E-state index in [1.807, 2.05) is 12.3 Å². The number of aromatic nitrogens is 2. The fourth-order valence-corrected chi connectivity index (χ4v) is 3.06. The Balaban J connectivity index is 2.14. The van der Waals surface area contributed by atoms with Crippen molar-refractivity contribution in [2.24, 2.45) is 10.8 Å². The SMILES string of the molecule is COC(=O)[C@H](/C(=N\NC(N)=O)C(=O)Nc1ccc(C)cc1)c1nc2ccc([N+](=O)[O-])cc2[nH]c1=O. The van der Waals surface area contributed by atoms with Crippen molar-refractivity contribution in [3.05, 3.63) is 74.2 Å². The average Bonchev–Trinajstić information content (AvgIpc) is 2.82. The van der Waals surface area contributed by atoms with Crippen LogP contribution in [0.25, 0.3) is 11.0 Å². The number of aromatic amines is 1. The number of nitrogens with two attached hydrogens (primary N) is 1. The van der Waals surface area contributed by atoms with Gasteiger partial charge in [0, 0.05) is 17.8 Å². The van der Waals surface area contributed by atoms with Crippen LogP contribution in [0.15, 0.2) is 52.4 Å². The Bertz CT molecular complexity index is 1410. The Morgan fingerprint density at radius 1 is 1.20 bits per heavy atom. The number of nitro groups is 1. The number of anilines is 1. The lowest BCUT2D eigenvalue weighted by atomic mass is 9.98. The van der Waals surface area contributed by atoms with E-state index in [1.54, 1.807) is 24.3 Å². The van der Waals surface area contributed by atoms with Gasteiger partial charge >= 0.3 is 12.0 Å². The van der Waals surface area contributed by atoms with Crippen LogP contribution in [0.2, 0.25) is 0 Å². The van der Waals surface area contributed by atoms with Crippen molar-refractivity contribution in [1.82, 2.24) is 15.4 Å². The number of nitrogens with zero attached hydrogens (tertiary/aromatic N) is 3. The summed E-state index contributed by atoms with van der Waals surface area (Å²) >= 11 is 0. The van der Waals surface area contributed by atoms with Crippen LogP contribution in [0.4, 0.5) is 16.2 Å². The standard InChI is InChI=1S/C21H19N7O7/c1-10-3-5-11(6-4-10)23-19(30)17(26-27-21(22)32)15(20(31)35-2)16-18(29)25-14-9-12(28(33)34)7-8-13(14)24-16/h3-9,15H,1-2H3,(H,23,30)(H,25,29)(H3,22,27,32)/b26-17+/t15-/m0/s1. The summed E-state index contributed by atoms with van der Waals surface area (Å²) in [7, 11) is 1.02. The van der Waals surface area contributed by atoms with Gasteiger partial charge in [-0.25, -0.2) is 15.2 Å². The monoisotopic (exact) mass is 481 g/mol. The van der Waals surface area contributed by atoms with E-state index in [4.69, 9.17) is 10.5 Å². The van der Waals surface area contributed by atoms with Gasteiger partial charge in [-0.15, -0.1) is 0 Å². The van der Waals surface area contributed by atoms with E-state index in [-0.39, 0.29) is 16.7 Å². The molecule has 180 valence electrons. The largest absolute Gasteiger partial charge is 0.468 e. The van der Waals surface area contributed by atoms with Gasteiger partial charge in [-0.05, 0) is 25.1 Å². The molecule has 0 aliphatic heterocycles. The second kappa shape index (κ2) is 10.2. The van der Waals surface area contributed by atoms with Crippen molar-refractivity contribution in [3.8, 4) is 0 Å². The molecule has 14 heteroatoms. The van der Waals surface area contributed by atoms with Gasteiger partial charge < -0.3 is 20.8 Å². The van der Waals surface area contributed by atoms with E-state index >= 15 is 0 Å². The quantitative estimate of drug-likeness (QED) is 0.165. The number of esters is 1. The minimum absolute atomic E-state index is 0.0226. The van der Waals surface area contributed by atoms with Crippen LogP contribution in [-0.2, 0) is 14.3 Å². The smallest absolute Gasteiger partial charge is 0.332 e. The van der Waals surface area contributed by atoms with Gasteiger partial charge in [0.25, 0.3) is 17.2 Å². The topological polar surface area (TPSA) is 212 Å². The lowest BCUT2D eigenvalue weighted by molar-refractivity contribution is -0.384. The van der Waals surface area contributed by atoms with Gasteiger partial charge in [0.2, 0.25) is 0 Å². The highest BCUT2D eigenvalue weighted by Crippen LogP contribution is 2.21. The molecule has 0 spiro atoms. The molecular formula is C21H19N7O7. The van der Waals surface area contributed by atoms with Gasteiger partial charge in [-0.1, -0.05) is 17.7 Å². The number of hydrazone groups is 1. The maximum atomic E-state index is 13.1. The normalized spacial score (nSPS) is 12.0. The molecule has 0 radical (unpaired) electrons. The molecule has 3 amide bonds. The first-order chi connectivity index (χ1) is 16.6. The molecule has 0 unspecified atom stereocenters. The van der Waals surface area contributed by atoms with Crippen LogP contribution in [0, 0.1) is 17.0 Å². The number of hydrogen-bond donors (Lipinski definition) is 4. The second-order valence-corrected chi connectivity index (χ2v) is 7.16. The lowest BCUT2D eigenvalue weighted by Gasteiger charge is -2.16. The van der Waals surface area contributed by atoms with E-state index < -0.39 is 45.7 Å². The number of ether oxygens (including phenoxy) is 1. The Kier molecular flexibility index (Phi) is 7.14. The van der Waals surface area contributed by atoms with Gasteiger partial charge in [-0.3, -0.25) is 24.5 Å². The molecular weight excluding hydrogens is 462 g/mol. The zero-order chi connectivity index (χ0) is 25.7. The number of aryl methyl sites for hydroxylation is 1. The molecule has 5 N–H and O–H groups in total. The lowest BCUT2D eigenvalue weighted by Crippen LogP contribution is -2.39. The Hall–Kier alpha value is -5.14. The van der Waals surface area contributed by atoms with Crippen LogP contribution in [0.5, 0.6) is 0 Å². The van der Waals surface area contributed by atoms with Crippen molar-refractivity contribution in [1.29, 1.82) is 0 Å². The van der Waals surface area contributed by atoms with Gasteiger partial charge in [0.05, 0.1) is 23.1 Å². The van der Waals surface area contributed by atoms with Crippen molar-refractivity contribution in [3.63, 3.8) is 0 Å². The van der Waals surface area contributed by atoms with Crippen molar-refractivity contribution in [2.75, 3.05) is 12.4 Å². The maximum Gasteiger partial charge on any atom is 0.332 e. The third-order valence-corrected chi connectivity index (χ3v) is 4.73. The summed E-state index contributed by atoms with van der Waals surface area (Å²) < 4.78 is 4.76. The number of H-pyrrole nitrogens is 1. The molecule has 1 atom stereocenters. The molecule has 0 saturated carbocycles. The molecule has 3 rings (SSSR count). The number of carbonyl (C=O) groups is 3. The van der Waals surface area contributed by atoms with Crippen LogP contribution in [0.3, 0.4) is 0 Å². The van der Waals surface area contributed by atoms with E-state index in [2.05, 4.69) is 20.4 Å². The summed E-state index contributed by atoms with van der Waals surface area (Å²) in [6.07, 6.45) is 0. The van der Waals surface area contributed by atoms with Crippen LogP contribution in [0.1, 0.15) is 17.2 Å². The third kappa shape index (κ3) is 5.62. The second-order valence-electron chi connectivity index (χ2n) is 7.16. The van der Waals surface area contributed by atoms with E-state index in [1.165, 1.54) is 6.07 Å². The van der Waals surface area contributed by atoms with E-state index in [0.717, 1.165) is 24.8 Å². The minimum atomic E-state index is -1.79. The van der Waals surface area contributed by atoms with Crippen LogP contribution in [-0.4, -0.2) is 45.6 Å². The van der Waals surface area contributed by atoms with Crippen molar-refractivity contribution < 1.29 is 24.0 Å². The number of rotatable bonds is 7. The number of benzene rings is 2. The summed E-state index contributed by atoms with van der Waals surface area (Å²) in [5, 5.41) is 17.2. The van der Waals surface area contributed by atoms with E-state index in [9.17, 15) is 29.3 Å². The molecule has 2 aromatic carbocycles. The van der Waals surface area contributed by atoms with Crippen molar-refractivity contribution in [2.45, 2.75) is 12.8 Å². The zero-order valence-electron chi connectivity index (χ0n) is 18.4. The first-order valence-electron chi connectivity index (χ1n) is 9.88. The number of non-ortho nitro benzene ring substituents is 1. The summed E-state index contributed by atoms with van der Waals surface area (Å²) in [6, 6.07) is 8.99. The molecule has 1 aromatic heterocycles. The summed E-state index contributed by atoms with van der Waals surface area (Å²) in [4.78, 5) is 66.8. The molecule has 35 heavy (non-hydrogen) atoms. The molecule has 0 fully saturated rings. The van der Waals surface area contributed by atoms with Gasteiger partial charge in [0.1, 0.15) is 11.4 Å². The Morgan fingerprint density at radius 3 is 2.49 bits per heavy atom. The van der Waals surface area contributed by atoms with Crippen molar-refractivity contribution >= 4 is 46.0 Å². The van der Waals surface area contributed by atoms with Gasteiger partial charge in [0.15, 0.2) is 5.92 Å². The number of methoxy groups -OCH3 is 1. The maximum absolute atomic E-state index is 13.1. The predicted molar refractivity (Wildman–Crippen MR) is 124 cm³/mol. The van der Waals surface area contributed by atoms with Gasteiger partial charge in [-0.2, -0.15) is 5.10 Å². The van der Waals surface area contributed by atoms with Crippen LogP contribution < -0.4 is 22.0 Å². The highest BCUT2D eigenvalue weighted by atomic mass is 16.6. The predicted octanol–water partition coefficient (Wildman–Crippen LogP) is 1.06. The number of primary amides is 1. The van der Waals surface area contributed by atoms with E-state index in [0.29, 0.717) is 5.69 Å². The number of nitro benzene ring substituents is 1. The summed E-state index contributed by atoms with van der Waals surface area (Å²) in [6.45, 7) is 1.84. The minimum Gasteiger partial charge on any atom is -0.468 e. The fourth-order valence-electron chi connectivity index (χ4n) is 3.06. The highest BCUT2D eigenvalue weighted by Gasteiger charge is 2.36. The average molecular weight is 481 g/mol.